The van der Waals surface area contributed by atoms with Crippen molar-refractivity contribution in [1.29, 1.82) is 0 Å². The molecule has 1 unspecified atom stereocenters. The highest BCUT2D eigenvalue weighted by Gasteiger charge is 2.21. The first-order valence-corrected chi connectivity index (χ1v) is 5.32. The Labute approximate surface area is 93.7 Å². The molecular formula is C9H16N4O3. The third-order valence-corrected chi connectivity index (χ3v) is 2.16. The van der Waals surface area contributed by atoms with Crippen LogP contribution < -0.4 is 5.32 Å². The van der Waals surface area contributed by atoms with Crippen molar-refractivity contribution in [1.82, 2.24) is 5.32 Å². The number of hydrogen-bond acceptors (Lipinski definition) is 4. The molecule has 90 valence electrons. The van der Waals surface area contributed by atoms with Crippen molar-refractivity contribution in [3.63, 3.8) is 0 Å². The molecule has 1 heterocycles. The summed E-state index contributed by atoms with van der Waals surface area (Å²) in [6, 6.07) is 0. The molecular weight excluding hydrogens is 212 g/mol. The zero-order valence-corrected chi connectivity index (χ0v) is 9.09. The van der Waals surface area contributed by atoms with E-state index in [2.05, 4.69) is 15.3 Å². The number of azide groups is 1. The smallest absolute Gasteiger partial charge is 0.251 e. The first kappa shape index (κ1) is 12.8. The summed E-state index contributed by atoms with van der Waals surface area (Å²) in [6.45, 7) is 2.38. The van der Waals surface area contributed by atoms with Gasteiger partial charge in [0.2, 0.25) is 0 Å². The van der Waals surface area contributed by atoms with Gasteiger partial charge >= 0.3 is 0 Å². The number of nitrogens with one attached hydrogen (secondary N) is 1. The number of rotatable bonds is 6. The molecule has 1 amide bonds. The topological polar surface area (TPSA) is 96.3 Å². The number of amides is 1. The molecule has 1 atom stereocenters. The Morgan fingerprint density at radius 3 is 3.06 bits per heavy atom. The lowest BCUT2D eigenvalue weighted by atomic mass is 10.3. The molecule has 1 fully saturated rings. The fourth-order valence-corrected chi connectivity index (χ4v) is 1.32. The van der Waals surface area contributed by atoms with Crippen molar-refractivity contribution in [3.05, 3.63) is 10.4 Å². The molecule has 7 nitrogen and oxygen atoms in total. The van der Waals surface area contributed by atoms with Gasteiger partial charge in [-0.2, -0.15) is 0 Å². The predicted molar refractivity (Wildman–Crippen MR) is 56.8 cm³/mol. The molecule has 0 saturated carbocycles. The molecule has 0 spiro atoms. The van der Waals surface area contributed by atoms with Crippen molar-refractivity contribution in [2.75, 3.05) is 32.9 Å². The van der Waals surface area contributed by atoms with Gasteiger partial charge in [-0.3, -0.25) is 4.79 Å². The molecule has 1 aliphatic rings. The van der Waals surface area contributed by atoms with Gasteiger partial charge in [-0.25, -0.2) is 0 Å². The van der Waals surface area contributed by atoms with Crippen molar-refractivity contribution >= 4 is 5.91 Å². The number of carbonyl (C=O) groups excluding carboxylic acids is 1. The molecule has 0 radical (unpaired) electrons. The summed E-state index contributed by atoms with van der Waals surface area (Å²) in [6.07, 6.45) is 1.08. The first-order valence-electron chi connectivity index (χ1n) is 5.32. The third-order valence-electron chi connectivity index (χ3n) is 2.16. The molecule has 1 rings (SSSR count). The van der Waals surface area contributed by atoms with E-state index in [4.69, 9.17) is 15.0 Å². The minimum atomic E-state index is -0.481. The maximum atomic E-state index is 11.5. The Hall–Kier alpha value is -1.30. The number of unbranched alkanes of at least 4 members (excludes halogenated alkanes) is 1. The lowest BCUT2D eigenvalue weighted by molar-refractivity contribution is -0.147. The first-order chi connectivity index (χ1) is 7.84. The summed E-state index contributed by atoms with van der Waals surface area (Å²) < 4.78 is 10.4. The highest BCUT2D eigenvalue weighted by molar-refractivity contribution is 5.80. The van der Waals surface area contributed by atoms with Crippen molar-refractivity contribution in [3.8, 4) is 0 Å². The van der Waals surface area contributed by atoms with Crippen molar-refractivity contribution in [2.24, 2.45) is 5.11 Å². The normalized spacial score (nSPS) is 19.9. The van der Waals surface area contributed by atoms with Crippen LogP contribution in [-0.2, 0) is 14.3 Å². The van der Waals surface area contributed by atoms with Crippen LogP contribution in [-0.4, -0.2) is 44.9 Å². The Balaban J connectivity index is 2.03. The number of carbonyl (C=O) groups is 1. The summed E-state index contributed by atoms with van der Waals surface area (Å²) in [5.74, 6) is -0.136. The minimum absolute atomic E-state index is 0.136. The van der Waals surface area contributed by atoms with Crippen molar-refractivity contribution in [2.45, 2.75) is 18.9 Å². The average molecular weight is 228 g/mol. The summed E-state index contributed by atoms with van der Waals surface area (Å²) in [5, 5.41) is 6.15. The SMILES string of the molecule is [N-]=[N+]=NCCCCNC(=O)C1COCCO1. The van der Waals surface area contributed by atoms with E-state index in [1.54, 1.807) is 0 Å². The lowest BCUT2D eigenvalue weighted by Gasteiger charge is -2.21. The van der Waals surface area contributed by atoms with E-state index in [0.717, 1.165) is 12.8 Å². The van der Waals surface area contributed by atoms with Gasteiger partial charge in [-0.05, 0) is 18.4 Å². The number of nitrogens with zero attached hydrogens (tertiary/aromatic N) is 3. The highest BCUT2D eigenvalue weighted by Crippen LogP contribution is 2.00. The van der Waals surface area contributed by atoms with E-state index in [-0.39, 0.29) is 5.91 Å². The Morgan fingerprint density at radius 2 is 2.38 bits per heavy atom. The summed E-state index contributed by atoms with van der Waals surface area (Å²) in [7, 11) is 0. The van der Waals surface area contributed by atoms with Gasteiger partial charge in [0.1, 0.15) is 0 Å². The highest BCUT2D eigenvalue weighted by atomic mass is 16.6. The largest absolute Gasteiger partial charge is 0.376 e. The van der Waals surface area contributed by atoms with E-state index < -0.39 is 6.10 Å². The molecule has 16 heavy (non-hydrogen) atoms. The van der Waals surface area contributed by atoms with E-state index >= 15 is 0 Å². The van der Waals surface area contributed by atoms with Crippen LogP contribution >= 0.6 is 0 Å². The maximum absolute atomic E-state index is 11.5. The van der Waals surface area contributed by atoms with Crippen LogP contribution in [0.1, 0.15) is 12.8 Å². The van der Waals surface area contributed by atoms with Gasteiger partial charge in [0, 0.05) is 18.0 Å². The van der Waals surface area contributed by atoms with Crippen LogP contribution in [0.4, 0.5) is 0 Å². The Bertz CT molecular complexity index is 259. The fourth-order valence-electron chi connectivity index (χ4n) is 1.32. The lowest BCUT2D eigenvalue weighted by Crippen LogP contribution is -2.43. The second-order valence-electron chi connectivity index (χ2n) is 3.39. The zero-order valence-electron chi connectivity index (χ0n) is 9.09. The average Bonchev–Trinajstić information content (AvgIpc) is 2.34. The quantitative estimate of drug-likeness (QED) is 0.312. The summed E-state index contributed by atoms with van der Waals surface area (Å²) in [4.78, 5) is 14.1. The van der Waals surface area contributed by atoms with Gasteiger partial charge in [-0.15, -0.1) is 0 Å². The van der Waals surface area contributed by atoms with E-state index in [9.17, 15) is 4.79 Å². The van der Waals surface area contributed by atoms with Gasteiger partial charge in [0.05, 0.1) is 19.8 Å². The second-order valence-corrected chi connectivity index (χ2v) is 3.39. The number of ether oxygens (including phenoxy) is 2. The van der Waals surface area contributed by atoms with Crippen molar-refractivity contribution < 1.29 is 14.3 Å². The monoisotopic (exact) mass is 228 g/mol. The van der Waals surface area contributed by atoms with Crippen LogP contribution in [0, 0.1) is 0 Å². The molecule has 1 aliphatic heterocycles. The van der Waals surface area contributed by atoms with Crippen LogP contribution in [0.5, 0.6) is 0 Å². The van der Waals surface area contributed by atoms with E-state index in [1.165, 1.54) is 0 Å². The molecule has 0 aliphatic carbocycles. The van der Waals surface area contributed by atoms with Gasteiger partial charge in [0.15, 0.2) is 6.10 Å². The predicted octanol–water partition coefficient (Wildman–Crippen LogP) is 0.608. The molecule has 0 bridgehead atoms. The zero-order chi connectivity index (χ0) is 11.6. The van der Waals surface area contributed by atoms with Gasteiger partial charge in [-0.1, -0.05) is 5.11 Å². The van der Waals surface area contributed by atoms with Crippen LogP contribution in [0.25, 0.3) is 10.4 Å². The molecule has 1 N–H and O–H groups in total. The number of hydrogen-bond donors (Lipinski definition) is 1. The van der Waals surface area contributed by atoms with Crippen LogP contribution in [0.2, 0.25) is 0 Å². The van der Waals surface area contributed by atoms with Gasteiger partial charge in [0.25, 0.3) is 5.91 Å². The Kier molecular flexibility index (Phi) is 6.32. The standard InChI is InChI=1S/C9H16N4O3/c10-13-12-4-2-1-3-11-9(14)8-7-15-5-6-16-8/h8H,1-7H2,(H,11,14). The van der Waals surface area contributed by atoms with E-state index in [1.807, 2.05) is 0 Å². The fraction of sp³-hybridized carbons (Fsp3) is 0.889. The molecule has 0 aromatic carbocycles. The van der Waals surface area contributed by atoms with Gasteiger partial charge < -0.3 is 14.8 Å². The van der Waals surface area contributed by atoms with E-state index in [0.29, 0.717) is 32.9 Å². The molecule has 0 aromatic rings. The molecule has 7 heteroatoms. The minimum Gasteiger partial charge on any atom is -0.376 e. The van der Waals surface area contributed by atoms with Crippen LogP contribution in [0.15, 0.2) is 5.11 Å². The Morgan fingerprint density at radius 1 is 1.50 bits per heavy atom. The molecule has 0 aromatic heterocycles. The summed E-state index contributed by atoms with van der Waals surface area (Å²) >= 11 is 0. The summed E-state index contributed by atoms with van der Waals surface area (Å²) in [5.41, 5.74) is 8.04. The van der Waals surface area contributed by atoms with Crippen LogP contribution in [0.3, 0.4) is 0 Å². The second kappa shape index (κ2) is 7.92. The maximum Gasteiger partial charge on any atom is 0.251 e. The molecule has 1 saturated heterocycles. The third kappa shape index (κ3) is 4.97.